The summed E-state index contributed by atoms with van der Waals surface area (Å²) in [4.78, 5) is 0.199. The van der Waals surface area contributed by atoms with Crippen molar-refractivity contribution in [3.05, 3.63) is 42.0 Å². The number of benzene rings is 1. The van der Waals surface area contributed by atoms with E-state index in [1.807, 2.05) is 6.92 Å². The maximum atomic E-state index is 12.3. The summed E-state index contributed by atoms with van der Waals surface area (Å²) in [6.07, 6.45) is 1.57. The summed E-state index contributed by atoms with van der Waals surface area (Å²) in [6.45, 7) is 2.88. The van der Waals surface area contributed by atoms with E-state index in [9.17, 15) is 8.42 Å². The monoisotopic (exact) mass is 295 g/mol. The fraction of sp³-hybridized carbons (Fsp3) is 0.333. The number of hydrogen-bond acceptors (Lipinski definition) is 5. The smallest absolute Gasteiger partial charge is 0.241 e. The van der Waals surface area contributed by atoms with Crippen LogP contribution < -0.4 is 10.5 Å². The van der Waals surface area contributed by atoms with Crippen molar-refractivity contribution in [2.24, 2.45) is 5.73 Å². The first kappa shape index (κ1) is 14.6. The first-order valence-corrected chi connectivity index (χ1v) is 7.71. The van der Waals surface area contributed by atoms with Crippen LogP contribution in [0.2, 0.25) is 0 Å². The molecule has 0 aliphatic carbocycles. The lowest BCUT2D eigenvalue weighted by molar-refractivity contribution is 0.574. The van der Waals surface area contributed by atoms with Gasteiger partial charge in [-0.15, -0.1) is 10.2 Å². The second kappa shape index (κ2) is 6.12. The Hall–Kier alpha value is -1.77. The summed E-state index contributed by atoms with van der Waals surface area (Å²) in [5.41, 5.74) is 6.15. The van der Waals surface area contributed by atoms with Gasteiger partial charge in [0.1, 0.15) is 12.2 Å². The summed E-state index contributed by atoms with van der Waals surface area (Å²) in [5, 5.41) is 7.65. The van der Waals surface area contributed by atoms with Crippen LogP contribution >= 0.6 is 0 Å². The molecular weight excluding hydrogens is 278 g/mol. The molecule has 3 N–H and O–H groups in total. The van der Waals surface area contributed by atoms with Gasteiger partial charge in [0.15, 0.2) is 0 Å². The standard InChI is InChI=1S/C12H17N5O2S/c1-2-17-9-14-16-12(17)8-15-20(18,19)11-6-4-3-5-10(11)7-13/h3-6,9,15H,2,7-8,13H2,1H3. The van der Waals surface area contributed by atoms with Crippen LogP contribution in [0.3, 0.4) is 0 Å². The molecule has 0 spiro atoms. The van der Waals surface area contributed by atoms with Crippen molar-refractivity contribution in [1.82, 2.24) is 19.5 Å². The molecule has 0 radical (unpaired) electrons. The third-order valence-electron chi connectivity index (χ3n) is 2.94. The predicted octanol–water partition coefficient (Wildman–Crippen LogP) is 0.235. The Labute approximate surface area is 117 Å². The summed E-state index contributed by atoms with van der Waals surface area (Å²) < 4.78 is 28.9. The summed E-state index contributed by atoms with van der Waals surface area (Å²) in [7, 11) is -3.62. The first-order chi connectivity index (χ1) is 9.58. The molecule has 0 aliphatic rings. The van der Waals surface area contributed by atoms with Crippen LogP contribution in [-0.2, 0) is 29.7 Å². The number of nitrogens with two attached hydrogens (primary N) is 1. The van der Waals surface area contributed by atoms with Crippen molar-refractivity contribution >= 4 is 10.0 Å². The molecule has 2 rings (SSSR count). The van der Waals surface area contributed by atoms with E-state index in [0.717, 1.165) is 0 Å². The second-order valence-electron chi connectivity index (χ2n) is 4.17. The molecule has 7 nitrogen and oxygen atoms in total. The lowest BCUT2D eigenvalue weighted by Crippen LogP contribution is -2.26. The predicted molar refractivity (Wildman–Crippen MR) is 74.1 cm³/mol. The minimum atomic E-state index is -3.62. The first-order valence-electron chi connectivity index (χ1n) is 6.22. The Morgan fingerprint density at radius 3 is 2.80 bits per heavy atom. The lowest BCUT2D eigenvalue weighted by atomic mass is 10.2. The van der Waals surface area contributed by atoms with Crippen molar-refractivity contribution < 1.29 is 8.42 Å². The van der Waals surface area contributed by atoms with Crippen molar-refractivity contribution in [3.8, 4) is 0 Å². The summed E-state index contributed by atoms with van der Waals surface area (Å²) in [6, 6.07) is 6.66. The molecule has 0 saturated heterocycles. The van der Waals surface area contributed by atoms with Gasteiger partial charge in [-0.25, -0.2) is 13.1 Å². The fourth-order valence-electron chi connectivity index (χ4n) is 1.85. The van der Waals surface area contributed by atoms with Gasteiger partial charge in [-0.1, -0.05) is 18.2 Å². The van der Waals surface area contributed by atoms with Gasteiger partial charge >= 0.3 is 0 Å². The van der Waals surface area contributed by atoms with Gasteiger partial charge in [-0.3, -0.25) is 0 Å². The quantitative estimate of drug-likeness (QED) is 0.794. The minimum absolute atomic E-state index is 0.0923. The normalized spacial score (nSPS) is 11.7. The van der Waals surface area contributed by atoms with E-state index in [4.69, 9.17) is 5.73 Å². The molecule has 1 heterocycles. The highest BCUT2D eigenvalue weighted by Gasteiger charge is 2.18. The topological polar surface area (TPSA) is 103 Å². The molecule has 0 atom stereocenters. The van der Waals surface area contributed by atoms with Crippen LogP contribution in [0.5, 0.6) is 0 Å². The van der Waals surface area contributed by atoms with Crippen LogP contribution in [0.1, 0.15) is 18.3 Å². The molecule has 0 aliphatic heterocycles. The van der Waals surface area contributed by atoms with E-state index in [2.05, 4.69) is 14.9 Å². The average molecular weight is 295 g/mol. The third-order valence-corrected chi connectivity index (χ3v) is 4.44. The number of aromatic nitrogens is 3. The SMILES string of the molecule is CCn1cnnc1CNS(=O)(=O)c1ccccc1CN. The summed E-state index contributed by atoms with van der Waals surface area (Å²) >= 11 is 0. The number of nitrogens with one attached hydrogen (secondary N) is 1. The maximum Gasteiger partial charge on any atom is 0.241 e. The molecule has 1 aromatic carbocycles. The van der Waals surface area contributed by atoms with Gasteiger partial charge in [0.25, 0.3) is 0 Å². The lowest BCUT2D eigenvalue weighted by Gasteiger charge is -2.10. The Morgan fingerprint density at radius 2 is 2.10 bits per heavy atom. The highest BCUT2D eigenvalue weighted by molar-refractivity contribution is 7.89. The number of hydrogen-bond donors (Lipinski definition) is 2. The minimum Gasteiger partial charge on any atom is -0.326 e. The van der Waals surface area contributed by atoms with Crippen molar-refractivity contribution in [3.63, 3.8) is 0 Å². The molecule has 1 aromatic heterocycles. The summed E-state index contributed by atoms with van der Waals surface area (Å²) in [5.74, 6) is 0.571. The van der Waals surface area contributed by atoms with Crippen LogP contribution in [0, 0.1) is 0 Å². The third kappa shape index (κ3) is 3.03. The molecule has 0 amide bonds. The average Bonchev–Trinajstić information content (AvgIpc) is 2.92. The van der Waals surface area contributed by atoms with Gasteiger partial charge in [0.05, 0.1) is 11.4 Å². The molecule has 0 unspecified atom stereocenters. The van der Waals surface area contributed by atoms with Crippen LogP contribution in [0.4, 0.5) is 0 Å². The maximum absolute atomic E-state index is 12.3. The fourth-order valence-corrected chi connectivity index (χ4v) is 3.08. The largest absolute Gasteiger partial charge is 0.326 e. The number of nitrogens with zero attached hydrogens (tertiary/aromatic N) is 3. The molecule has 2 aromatic rings. The van der Waals surface area contributed by atoms with Gasteiger partial charge in [-0.05, 0) is 18.6 Å². The molecule has 0 saturated carbocycles. The molecular formula is C12H17N5O2S. The van der Waals surface area contributed by atoms with E-state index in [1.54, 1.807) is 29.1 Å². The number of sulfonamides is 1. The van der Waals surface area contributed by atoms with Gasteiger partial charge in [0, 0.05) is 13.1 Å². The molecule has 0 bridgehead atoms. The number of aryl methyl sites for hydroxylation is 1. The second-order valence-corrected chi connectivity index (χ2v) is 5.90. The highest BCUT2D eigenvalue weighted by atomic mass is 32.2. The van der Waals surface area contributed by atoms with E-state index >= 15 is 0 Å². The Balaban J connectivity index is 2.19. The van der Waals surface area contributed by atoms with Crippen molar-refractivity contribution in [1.29, 1.82) is 0 Å². The van der Waals surface area contributed by atoms with Crippen molar-refractivity contribution in [2.45, 2.75) is 31.5 Å². The number of rotatable bonds is 6. The highest BCUT2D eigenvalue weighted by Crippen LogP contribution is 2.14. The van der Waals surface area contributed by atoms with E-state index < -0.39 is 10.0 Å². The van der Waals surface area contributed by atoms with Crippen LogP contribution in [0.25, 0.3) is 0 Å². The molecule has 8 heteroatoms. The Kier molecular flexibility index (Phi) is 4.48. The Bertz CT molecular complexity index is 681. The zero-order valence-electron chi connectivity index (χ0n) is 11.2. The van der Waals surface area contributed by atoms with Crippen molar-refractivity contribution in [2.75, 3.05) is 0 Å². The van der Waals surface area contributed by atoms with Crippen LogP contribution in [-0.4, -0.2) is 23.2 Å². The Morgan fingerprint density at radius 1 is 1.35 bits per heavy atom. The van der Waals surface area contributed by atoms with Gasteiger partial charge in [0.2, 0.25) is 10.0 Å². The van der Waals surface area contributed by atoms with Crippen LogP contribution in [0.15, 0.2) is 35.5 Å². The van der Waals surface area contributed by atoms with E-state index in [-0.39, 0.29) is 18.0 Å². The molecule has 0 fully saturated rings. The van der Waals surface area contributed by atoms with E-state index in [0.29, 0.717) is 17.9 Å². The molecule has 20 heavy (non-hydrogen) atoms. The zero-order valence-corrected chi connectivity index (χ0v) is 12.0. The van der Waals surface area contributed by atoms with E-state index in [1.165, 1.54) is 6.07 Å². The van der Waals surface area contributed by atoms with Gasteiger partial charge in [-0.2, -0.15) is 0 Å². The van der Waals surface area contributed by atoms with Gasteiger partial charge < -0.3 is 10.3 Å². The zero-order chi connectivity index (χ0) is 14.6. The molecule has 108 valence electrons.